The number of pyridine rings is 1. The fourth-order valence-corrected chi connectivity index (χ4v) is 1.46. The molecule has 1 N–H and O–H groups in total. The van der Waals surface area contributed by atoms with Crippen molar-refractivity contribution in [3.05, 3.63) is 38.1 Å². The van der Waals surface area contributed by atoms with Gasteiger partial charge in [0.1, 0.15) is 0 Å². The van der Waals surface area contributed by atoms with E-state index in [1.165, 1.54) is 16.8 Å². The van der Waals surface area contributed by atoms with Crippen LogP contribution in [-0.4, -0.2) is 14.8 Å². The third kappa shape index (κ3) is 1.13. The zero-order chi connectivity index (χ0) is 10.3. The van der Waals surface area contributed by atoms with Crippen molar-refractivity contribution in [3.8, 4) is 0 Å². The van der Waals surface area contributed by atoms with Crippen molar-refractivity contribution in [3.63, 3.8) is 0 Å². The van der Waals surface area contributed by atoms with E-state index in [1.807, 2.05) is 0 Å². The van der Waals surface area contributed by atoms with Gasteiger partial charge in [-0.15, -0.1) is 0 Å². The normalized spacial score (nSPS) is 10.7. The molecule has 0 unspecified atom stereocenters. The highest BCUT2D eigenvalue weighted by molar-refractivity contribution is 6.33. The van der Waals surface area contributed by atoms with E-state index in [0.29, 0.717) is 0 Å². The molecule has 0 radical (unpaired) electrons. The minimum atomic E-state index is -0.415. The standard InChI is InChI=1S/C8H6ClN3O2/c1-12-3-2-4-5(8(12)14)6(9)10-11-7(4)13/h2-3H,1H3,(H,11,13). The van der Waals surface area contributed by atoms with Crippen LogP contribution in [0, 0.1) is 0 Å². The lowest BCUT2D eigenvalue weighted by atomic mass is 10.2. The molecule has 2 heterocycles. The van der Waals surface area contributed by atoms with Crippen LogP contribution in [0.25, 0.3) is 10.8 Å². The number of nitrogens with one attached hydrogen (secondary N) is 1. The van der Waals surface area contributed by atoms with Crippen molar-refractivity contribution >= 4 is 22.4 Å². The minimum absolute atomic E-state index is 0.0146. The Hall–Kier alpha value is -1.62. The first kappa shape index (κ1) is 8.96. The summed E-state index contributed by atoms with van der Waals surface area (Å²) < 4.78 is 1.34. The van der Waals surface area contributed by atoms with Crippen LogP contribution in [0.3, 0.4) is 0 Å². The molecular weight excluding hydrogens is 206 g/mol. The molecular formula is C8H6ClN3O2. The van der Waals surface area contributed by atoms with E-state index < -0.39 is 5.56 Å². The molecule has 2 aromatic rings. The zero-order valence-corrected chi connectivity index (χ0v) is 8.00. The molecule has 0 aliphatic carbocycles. The van der Waals surface area contributed by atoms with Gasteiger partial charge in [0, 0.05) is 13.2 Å². The van der Waals surface area contributed by atoms with Crippen LogP contribution < -0.4 is 11.1 Å². The highest BCUT2D eigenvalue weighted by Gasteiger charge is 2.08. The number of halogens is 1. The van der Waals surface area contributed by atoms with Gasteiger partial charge < -0.3 is 4.57 Å². The summed E-state index contributed by atoms with van der Waals surface area (Å²) in [5, 5.41) is 6.15. The van der Waals surface area contributed by atoms with Gasteiger partial charge in [-0.05, 0) is 6.07 Å². The Morgan fingerprint density at radius 2 is 2.21 bits per heavy atom. The number of aromatic nitrogens is 3. The lowest BCUT2D eigenvalue weighted by molar-refractivity contribution is 0.868. The lowest BCUT2D eigenvalue weighted by Crippen LogP contribution is -2.20. The Balaban J connectivity index is 3.17. The maximum atomic E-state index is 11.6. The minimum Gasteiger partial charge on any atom is -0.318 e. The van der Waals surface area contributed by atoms with Crippen LogP contribution in [-0.2, 0) is 7.05 Å². The van der Waals surface area contributed by atoms with E-state index in [9.17, 15) is 9.59 Å². The van der Waals surface area contributed by atoms with Gasteiger partial charge in [0.15, 0.2) is 5.15 Å². The van der Waals surface area contributed by atoms with Crippen molar-refractivity contribution in [2.24, 2.45) is 7.05 Å². The first-order chi connectivity index (χ1) is 6.61. The number of aryl methyl sites for hydroxylation is 1. The monoisotopic (exact) mass is 211 g/mol. The van der Waals surface area contributed by atoms with Gasteiger partial charge in [0.25, 0.3) is 11.1 Å². The SMILES string of the molecule is Cn1ccc2c(=O)[nH]nc(Cl)c2c1=O. The molecule has 6 heteroatoms. The van der Waals surface area contributed by atoms with Crippen LogP contribution >= 0.6 is 11.6 Å². The fraction of sp³-hybridized carbons (Fsp3) is 0.125. The van der Waals surface area contributed by atoms with Crippen LogP contribution in [0.5, 0.6) is 0 Å². The number of aromatic amines is 1. The molecule has 0 aliphatic rings. The third-order valence-electron chi connectivity index (χ3n) is 1.97. The molecule has 0 saturated carbocycles. The summed E-state index contributed by atoms with van der Waals surface area (Å²) in [5.74, 6) is 0. The number of fused-ring (bicyclic) bond motifs is 1. The topological polar surface area (TPSA) is 67.8 Å². The molecule has 0 atom stereocenters. The van der Waals surface area contributed by atoms with Gasteiger partial charge in [-0.2, -0.15) is 5.10 Å². The van der Waals surface area contributed by atoms with Gasteiger partial charge in [0.2, 0.25) is 0 Å². The molecule has 72 valence electrons. The molecule has 14 heavy (non-hydrogen) atoms. The predicted molar refractivity (Wildman–Crippen MR) is 52.6 cm³/mol. The summed E-state index contributed by atoms with van der Waals surface area (Å²) in [7, 11) is 1.58. The van der Waals surface area contributed by atoms with Gasteiger partial charge >= 0.3 is 0 Å². The van der Waals surface area contributed by atoms with Crippen molar-refractivity contribution in [1.29, 1.82) is 0 Å². The Morgan fingerprint density at radius 3 is 2.93 bits per heavy atom. The molecule has 0 saturated heterocycles. The van der Waals surface area contributed by atoms with E-state index in [0.717, 1.165) is 0 Å². The Labute approximate surface area is 82.9 Å². The van der Waals surface area contributed by atoms with Gasteiger partial charge in [-0.1, -0.05) is 11.6 Å². The Kier molecular flexibility index (Phi) is 1.89. The molecule has 0 fully saturated rings. The van der Waals surface area contributed by atoms with Crippen molar-refractivity contribution in [2.45, 2.75) is 0 Å². The summed E-state index contributed by atoms with van der Waals surface area (Å²) in [6.07, 6.45) is 1.51. The summed E-state index contributed by atoms with van der Waals surface area (Å²) >= 11 is 5.71. The van der Waals surface area contributed by atoms with Crippen molar-refractivity contribution < 1.29 is 0 Å². The molecule has 0 amide bonds. The van der Waals surface area contributed by atoms with Gasteiger partial charge in [-0.25, -0.2) is 5.10 Å². The van der Waals surface area contributed by atoms with E-state index in [2.05, 4.69) is 10.2 Å². The van der Waals surface area contributed by atoms with E-state index >= 15 is 0 Å². The summed E-state index contributed by atoms with van der Waals surface area (Å²) in [6, 6.07) is 1.53. The number of H-pyrrole nitrogens is 1. The second-order valence-corrected chi connectivity index (χ2v) is 3.22. The maximum absolute atomic E-state index is 11.6. The van der Waals surface area contributed by atoms with Gasteiger partial charge in [0.05, 0.1) is 10.8 Å². The summed E-state index contributed by atoms with van der Waals surface area (Å²) in [5.41, 5.74) is -0.742. The molecule has 2 rings (SSSR count). The first-order valence-corrected chi connectivity index (χ1v) is 4.22. The average Bonchev–Trinajstić information content (AvgIpc) is 2.16. The number of rotatable bonds is 0. The number of hydrogen-bond donors (Lipinski definition) is 1. The maximum Gasteiger partial charge on any atom is 0.272 e. The van der Waals surface area contributed by atoms with Crippen LogP contribution in [0.15, 0.2) is 21.9 Å². The zero-order valence-electron chi connectivity index (χ0n) is 7.24. The van der Waals surface area contributed by atoms with Crippen molar-refractivity contribution in [2.75, 3.05) is 0 Å². The Morgan fingerprint density at radius 1 is 1.50 bits per heavy atom. The second-order valence-electron chi connectivity index (χ2n) is 2.86. The highest BCUT2D eigenvalue weighted by atomic mass is 35.5. The van der Waals surface area contributed by atoms with Crippen LogP contribution in [0.2, 0.25) is 5.15 Å². The highest BCUT2D eigenvalue weighted by Crippen LogP contribution is 2.11. The number of hydrogen-bond acceptors (Lipinski definition) is 3. The summed E-state index contributed by atoms with van der Waals surface area (Å²) in [4.78, 5) is 22.9. The van der Waals surface area contributed by atoms with Crippen molar-refractivity contribution in [1.82, 2.24) is 14.8 Å². The lowest BCUT2D eigenvalue weighted by Gasteiger charge is -2.00. The van der Waals surface area contributed by atoms with E-state index in [1.54, 1.807) is 7.05 Å². The molecule has 2 aromatic heterocycles. The molecule has 0 spiro atoms. The molecule has 5 nitrogen and oxygen atoms in total. The molecule has 0 bridgehead atoms. The Bertz CT molecular complexity index is 614. The quantitative estimate of drug-likeness (QED) is 0.681. The van der Waals surface area contributed by atoms with Gasteiger partial charge in [-0.3, -0.25) is 9.59 Å². The smallest absolute Gasteiger partial charge is 0.272 e. The summed E-state index contributed by atoms with van der Waals surface area (Å²) in [6.45, 7) is 0. The fourth-order valence-electron chi connectivity index (χ4n) is 1.23. The first-order valence-electron chi connectivity index (χ1n) is 3.85. The van der Waals surface area contributed by atoms with E-state index in [4.69, 9.17) is 11.6 Å². The van der Waals surface area contributed by atoms with Crippen LogP contribution in [0.4, 0.5) is 0 Å². The molecule has 0 aliphatic heterocycles. The predicted octanol–water partition coefficient (Wildman–Crippen LogP) is 0.275. The molecule has 0 aromatic carbocycles. The van der Waals surface area contributed by atoms with E-state index in [-0.39, 0.29) is 21.5 Å². The largest absolute Gasteiger partial charge is 0.318 e. The third-order valence-corrected chi connectivity index (χ3v) is 2.25. The average molecular weight is 212 g/mol. The second kappa shape index (κ2) is 2.95. The van der Waals surface area contributed by atoms with Crippen LogP contribution in [0.1, 0.15) is 0 Å². The number of nitrogens with zero attached hydrogens (tertiary/aromatic N) is 2.